The van der Waals surface area contributed by atoms with Crippen molar-refractivity contribution in [2.75, 3.05) is 12.4 Å². The molecule has 2 saturated carbocycles. The van der Waals surface area contributed by atoms with E-state index in [2.05, 4.69) is 26.5 Å². The summed E-state index contributed by atoms with van der Waals surface area (Å²) in [5, 5.41) is 26.9. The van der Waals surface area contributed by atoms with Crippen LogP contribution in [0.2, 0.25) is 0 Å². The van der Waals surface area contributed by atoms with Crippen molar-refractivity contribution < 1.29 is 9.90 Å². The van der Waals surface area contributed by atoms with Crippen LogP contribution in [0.5, 0.6) is 0 Å². The van der Waals surface area contributed by atoms with Gasteiger partial charge in [0.25, 0.3) is 5.91 Å². The van der Waals surface area contributed by atoms with Crippen LogP contribution >= 0.6 is 0 Å². The molecule has 2 aromatic heterocycles. The van der Waals surface area contributed by atoms with Gasteiger partial charge in [-0.05, 0) is 74.8 Å². The monoisotopic (exact) mass is 513 g/mol. The zero-order valence-electron chi connectivity index (χ0n) is 21.8. The summed E-state index contributed by atoms with van der Waals surface area (Å²) in [4.78, 5) is 23.8. The Bertz CT molecular complexity index is 1270. The van der Waals surface area contributed by atoms with Gasteiger partial charge in [-0.3, -0.25) is 9.48 Å². The fraction of sp³-hybridized carbons (Fsp3) is 0.483. The summed E-state index contributed by atoms with van der Waals surface area (Å²) < 4.78 is 1.94. The van der Waals surface area contributed by atoms with Crippen molar-refractivity contribution in [1.82, 2.24) is 24.6 Å². The molecule has 0 radical (unpaired) electrons. The number of aromatic nitrogens is 4. The first-order valence-corrected chi connectivity index (χ1v) is 13.6. The van der Waals surface area contributed by atoms with Gasteiger partial charge in [0.05, 0.1) is 36.5 Å². The van der Waals surface area contributed by atoms with Crippen molar-refractivity contribution in [3.05, 3.63) is 54.5 Å². The van der Waals surface area contributed by atoms with Crippen molar-refractivity contribution in [2.45, 2.75) is 76.0 Å². The van der Waals surface area contributed by atoms with Gasteiger partial charge in [-0.2, -0.15) is 10.4 Å². The van der Waals surface area contributed by atoms with Gasteiger partial charge in [-0.25, -0.2) is 9.97 Å². The first kappa shape index (κ1) is 25.9. The molecule has 0 bridgehead atoms. The molecule has 198 valence electrons. The third kappa shape index (κ3) is 5.86. The molecule has 2 N–H and O–H groups in total. The Morgan fingerprint density at radius 3 is 2.61 bits per heavy atom. The lowest BCUT2D eigenvalue weighted by Gasteiger charge is -2.33. The summed E-state index contributed by atoms with van der Waals surface area (Å²) in [6.07, 6.45) is 13.6. The molecule has 2 fully saturated rings. The molecule has 0 aliphatic heterocycles. The minimum atomic E-state index is -0.241. The van der Waals surface area contributed by atoms with Crippen LogP contribution in [0.4, 0.5) is 11.6 Å². The molecular weight excluding hydrogens is 478 g/mol. The molecule has 1 atom stereocenters. The van der Waals surface area contributed by atoms with Gasteiger partial charge in [-0.15, -0.1) is 0 Å². The topological polar surface area (TPSA) is 120 Å². The largest absolute Gasteiger partial charge is 0.393 e. The molecule has 0 saturated heterocycles. The highest BCUT2D eigenvalue weighted by atomic mass is 16.3. The zero-order chi connectivity index (χ0) is 26.5. The number of nitrogens with zero attached hydrogens (tertiary/aromatic N) is 6. The summed E-state index contributed by atoms with van der Waals surface area (Å²) in [5.74, 6) is 0.937. The number of hydrogen-bond acceptors (Lipinski definition) is 7. The standard InChI is InChI=1S/C29H35N7O2/c1-35(24-10-12-25(37)13-11-24)28(38)21-6-8-23(9-7-21)33-29-31-17-15-26(34-29)22-18-32-36(19-22)27(14-16-30)20-4-2-3-5-20/h6-9,15,17-20,24-25,27,37H,2-5,10-14H2,1H3,(H,31,33,34). The van der Waals surface area contributed by atoms with Crippen LogP contribution in [0, 0.1) is 17.2 Å². The Kier molecular flexibility index (Phi) is 7.99. The average molecular weight is 514 g/mol. The van der Waals surface area contributed by atoms with E-state index in [0.717, 1.165) is 55.5 Å². The minimum absolute atomic E-state index is 0.0134. The molecule has 9 nitrogen and oxygen atoms in total. The smallest absolute Gasteiger partial charge is 0.253 e. The van der Waals surface area contributed by atoms with Crippen LogP contribution in [-0.4, -0.2) is 54.9 Å². The molecule has 1 amide bonds. The SMILES string of the molecule is CN(C(=O)c1ccc(Nc2nccc(-c3cnn(C(CC#N)C4CCCC4)c3)n2)cc1)C1CCC(O)CC1. The number of aliphatic hydroxyl groups excluding tert-OH is 1. The summed E-state index contributed by atoms with van der Waals surface area (Å²) in [6, 6.07) is 11.8. The van der Waals surface area contributed by atoms with E-state index < -0.39 is 0 Å². The number of nitriles is 1. The highest BCUT2D eigenvalue weighted by Gasteiger charge is 2.28. The number of amides is 1. The Morgan fingerprint density at radius 1 is 1.16 bits per heavy atom. The van der Waals surface area contributed by atoms with Crippen LogP contribution in [0.25, 0.3) is 11.3 Å². The van der Waals surface area contributed by atoms with Gasteiger partial charge in [0, 0.05) is 42.3 Å². The van der Waals surface area contributed by atoms with Crippen LogP contribution in [0.1, 0.15) is 74.2 Å². The summed E-state index contributed by atoms with van der Waals surface area (Å²) in [6.45, 7) is 0. The first-order chi connectivity index (χ1) is 18.5. The van der Waals surface area contributed by atoms with Crippen LogP contribution in [-0.2, 0) is 0 Å². The van der Waals surface area contributed by atoms with Gasteiger partial charge in [0.2, 0.25) is 5.95 Å². The van der Waals surface area contributed by atoms with Crippen LogP contribution in [0.15, 0.2) is 48.9 Å². The Labute approximate surface area is 223 Å². The lowest BCUT2D eigenvalue weighted by Crippen LogP contribution is -2.40. The van der Waals surface area contributed by atoms with Crippen molar-refractivity contribution in [3.8, 4) is 17.3 Å². The van der Waals surface area contributed by atoms with Gasteiger partial charge >= 0.3 is 0 Å². The van der Waals surface area contributed by atoms with Crippen molar-refractivity contribution in [1.29, 1.82) is 5.26 Å². The summed E-state index contributed by atoms with van der Waals surface area (Å²) in [7, 11) is 1.84. The molecule has 1 aromatic carbocycles. The summed E-state index contributed by atoms with van der Waals surface area (Å²) in [5.41, 5.74) is 3.05. The second kappa shape index (κ2) is 11.7. The third-order valence-corrected chi connectivity index (χ3v) is 8.06. The average Bonchev–Trinajstić information content (AvgIpc) is 3.65. The fourth-order valence-corrected chi connectivity index (χ4v) is 5.78. The van der Waals surface area contributed by atoms with Gasteiger partial charge in [0.1, 0.15) is 0 Å². The zero-order valence-corrected chi connectivity index (χ0v) is 21.8. The van der Waals surface area contributed by atoms with Crippen molar-refractivity contribution >= 4 is 17.5 Å². The molecule has 2 aliphatic rings. The number of anilines is 2. The van der Waals surface area contributed by atoms with Gasteiger partial charge in [-0.1, -0.05) is 12.8 Å². The Hall–Kier alpha value is -3.77. The molecule has 3 aromatic rings. The van der Waals surface area contributed by atoms with Crippen molar-refractivity contribution in [3.63, 3.8) is 0 Å². The number of rotatable bonds is 8. The van der Waals surface area contributed by atoms with E-state index in [-0.39, 0.29) is 24.1 Å². The summed E-state index contributed by atoms with van der Waals surface area (Å²) >= 11 is 0. The van der Waals surface area contributed by atoms with E-state index >= 15 is 0 Å². The quantitative estimate of drug-likeness (QED) is 0.430. The molecule has 0 spiro atoms. The lowest BCUT2D eigenvalue weighted by atomic mass is 9.92. The second-order valence-corrected chi connectivity index (χ2v) is 10.5. The predicted molar refractivity (Wildman–Crippen MR) is 145 cm³/mol. The van der Waals surface area contributed by atoms with E-state index in [1.807, 2.05) is 48.3 Å². The molecule has 9 heteroatoms. The van der Waals surface area contributed by atoms with E-state index in [0.29, 0.717) is 23.9 Å². The minimum Gasteiger partial charge on any atom is -0.393 e. The lowest BCUT2D eigenvalue weighted by molar-refractivity contribution is 0.0569. The number of hydrogen-bond donors (Lipinski definition) is 2. The number of carbonyl (C=O) groups excluding carboxylic acids is 1. The number of benzene rings is 1. The molecule has 2 heterocycles. The number of aliphatic hydroxyl groups is 1. The maximum Gasteiger partial charge on any atom is 0.253 e. The normalized spacial score (nSPS) is 20.6. The predicted octanol–water partition coefficient (Wildman–Crippen LogP) is 5.10. The maximum absolute atomic E-state index is 13.0. The molecule has 2 aliphatic carbocycles. The molecule has 38 heavy (non-hydrogen) atoms. The first-order valence-electron chi connectivity index (χ1n) is 13.6. The van der Waals surface area contributed by atoms with Gasteiger partial charge < -0.3 is 15.3 Å². The highest BCUT2D eigenvalue weighted by molar-refractivity contribution is 5.94. The van der Waals surface area contributed by atoms with E-state index in [4.69, 9.17) is 0 Å². The number of nitrogens with one attached hydrogen (secondary N) is 1. The van der Waals surface area contributed by atoms with E-state index in [9.17, 15) is 15.2 Å². The Morgan fingerprint density at radius 2 is 1.89 bits per heavy atom. The van der Waals surface area contributed by atoms with E-state index in [1.54, 1.807) is 17.3 Å². The highest BCUT2D eigenvalue weighted by Crippen LogP contribution is 2.36. The maximum atomic E-state index is 13.0. The van der Waals surface area contributed by atoms with Gasteiger partial charge in [0.15, 0.2) is 0 Å². The number of carbonyl (C=O) groups is 1. The molecule has 1 unspecified atom stereocenters. The molecule has 5 rings (SSSR count). The van der Waals surface area contributed by atoms with Crippen LogP contribution in [0.3, 0.4) is 0 Å². The second-order valence-electron chi connectivity index (χ2n) is 10.5. The Balaban J connectivity index is 1.24. The fourth-order valence-electron chi connectivity index (χ4n) is 5.78. The van der Waals surface area contributed by atoms with Crippen LogP contribution < -0.4 is 5.32 Å². The third-order valence-electron chi connectivity index (χ3n) is 8.06. The molecular formula is C29H35N7O2. The van der Waals surface area contributed by atoms with E-state index in [1.165, 1.54) is 12.8 Å². The van der Waals surface area contributed by atoms with Crippen molar-refractivity contribution in [2.24, 2.45) is 5.92 Å².